The van der Waals surface area contributed by atoms with Crippen molar-refractivity contribution in [3.8, 4) is 0 Å². The van der Waals surface area contributed by atoms with Crippen LogP contribution in [0, 0.1) is 13.8 Å². The van der Waals surface area contributed by atoms with Crippen molar-refractivity contribution in [2.75, 3.05) is 6.54 Å². The molecular weight excluding hydrogens is 242 g/mol. The Morgan fingerprint density at radius 3 is 2.10 bits per heavy atom. The molecular formula is C19H21N. The molecule has 0 fully saturated rings. The molecule has 102 valence electrons. The molecule has 0 aliphatic carbocycles. The Morgan fingerprint density at radius 2 is 1.45 bits per heavy atom. The molecule has 0 atom stereocenters. The molecule has 2 N–H and O–H groups in total. The van der Waals surface area contributed by atoms with E-state index in [1.165, 1.54) is 27.8 Å². The summed E-state index contributed by atoms with van der Waals surface area (Å²) in [5.41, 5.74) is 11.8. The molecule has 0 aliphatic heterocycles. The molecule has 0 saturated heterocycles. The van der Waals surface area contributed by atoms with E-state index in [0.29, 0.717) is 6.54 Å². The van der Waals surface area contributed by atoms with Crippen LogP contribution in [0.2, 0.25) is 0 Å². The third kappa shape index (κ3) is 3.69. The van der Waals surface area contributed by atoms with Crippen LogP contribution in [0.5, 0.6) is 0 Å². The van der Waals surface area contributed by atoms with Crippen molar-refractivity contribution in [1.82, 2.24) is 0 Å². The van der Waals surface area contributed by atoms with Crippen LogP contribution in [0.1, 0.15) is 27.8 Å². The van der Waals surface area contributed by atoms with Crippen LogP contribution in [0.25, 0.3) is 18.2 Å². The second-order valence-corrected chi connectivity index (χ2v) is 4.95. The SMILES string of the molecule is Cc1cccc(C)c1/C=C\c1cccc(/C=C/CN)c1. The average molecular weight is 263 g/mol. The van der Waals surface area contributed by atoms with Gasteiger partial charge < -0.3 is 5.73 Å². The highest BCUT2D eigenvalue weighted by molar-refractivity contribution is 5.73. The van der Waals surface area contributed by atoms with Crippen LogP contribution >= 0.6 is 0 Å². The molecule has 0 aliphatic rings. The normalized spacial score (nSPS) is 11.6. The Kier molecular flexibility index (Phi) is 4.91. The third-order valence-electron chi connectivity index (χ3n) is 3.34. The minimum absolute atomic E-state index is 0.572. The Labute approximate surface area is 121 Å². The largest absolute Gasteiger partial charge is 0.327 e. The molecule has 1 nitrogen and oxygen atoms in total. The van der Waals surface area contributed by atoms with Crippen LogP contribution in [-0.2, 0) is 0 Å². The number of hydrogen-bond acceptors (Lipinski definition) is 1. The fourth-order valence-electron chi connectivity index (χ4n) is 2.24. The highest BCUT2D eigenvalue weighted by Crippen LogP contribution is 2.17. The first-order valence-electron chi connectivity index (χ1n) is 6.91. The van der Waals surface area contributed by atoms with Crippen LogP contribution in [0.4, 0.5) is 0 Å². The first kappa shape index (κ1) is 14.3. The number of nitrogens with two attached hydrogens (primary N) is 1. The number of benzene rings is 2. The lowest BCUT2D eigenvalue weighted by Crippen LogP contribution is -1.91. The molecule has 2 aromatic carbocycles. The van der Waals surface area contributed by atoms with Gasteiger partial charge in [-0.05, 0) is 47.7 Å². The molecule has 0 radical (unpaired) electrons. The Hall–Kier alpha value is -2.12. The molecule has 1 heteroatoms. The van der Waals surface area contributed by atoms with Gasteiger partial charge in [0.1, 0.15) is 0 Å². The summed E-state index contributed by atoms with van der Waals surface area (Å²) in [5.74, 6) is 0. The molecule has 0 amide bonds. The van der Waals surface area contributed by atoms with Crippen molar-refractivity contribution >= 4 is 18.2 Å². The molecule has 2 aromatic rings. The van der Waals surface area contributed by atoms with E-state index in [1.54, 1.807) is 0 Å². The molecule has 0 spiro atoms. The van der Waals surface area contributed by atoms with Crippen LogP contribution in [-0.4, -0.2) is 6.54 Å². The highest BCUT2D eigenvalue weighted by atomic mass is 14.5. The van der Waals surface area contributed by atoms with E-state index < -0.39 is 0 Å². The van der Waals surface area contributed by atoms with Crippen molar-refractivity contribution in [1.29, 1.82) is 0 Å². The second kappa shape index (κ2) is 6.88. The van der Waals surface area contributed by atoms with E-state index in [-0.39, 0.29) is 0 Å². The van der Waals surface area contributed by atoms with Gasteiger partial charge in [-0.1, -0.05) is 60.7 Å². The maximum absolute atomic E-state index is 5.48. The monoisotopic (exact) mass is 263 g/mol. The molecule has 0 saturated carbocycles. The minimum atomic E-state index is 0.572. The molecule has 2 rings (SSSR count). The van der Waals surface area contributed by atoms with Crippen LogP contribution in [0.3, 0.4) is 0 Å². The maximum Gasteiger partial charge on any atom is 0.0110 e. The zero-order chi connectivity index (χ0) is 14.4. The van der Waals surface area contributed by atoms with E-state index in [0.717, 1.165) is 0 Å². The van der Waals surface area contributed by atoms with Crippen LogP contribution in [0.15, 0.2) is 48.5 Å². The minimum Gasteiger partial charge on any atom is -0.327 e. The summed E-state index contributed by atoms with van der Waals surface area (Å²) >= 11 is 0. The fraction of sp³-hybridized carbons (Fsp3) is 0.158. The topological polar surface area (TPSA) is 26.0 Å². The number of rotatable bonds is 4. The van der Waals surface area contributed by atoms with Crippen molar-refractivity contribution in [3.05, 3.63) is 76.4 Å². The van der Waals surface area contributed by atoms with E-state index in [9.17, 15) is 0 Å². The van der Waals surface area contributed by atoms with Gasteiger partial charge >= 0.3 is 0 Å². The summed E-state index contributed by atoms with van der Waals surface area (Å²) in [6.45, 7) is 4.86. The summed E-state index contributed by atoms with van der Waals surface area (Å²) in [4.78, 5) is 0. The van der Waals surface area contributed by atoms with Gasteiger partial charge in [0.25, 0.3) is 0 Å². The van der Waals surface area contributed by atoms with Gasteiger partial charge in [-0.2, -0.15) is 0 Å². The van der Waals surface area contributed by atoms with Gasteiger partial charge in [0.05, 0.1) is 0 Å². The van der Waals surface area contributed by atoms with Crippen molar-refractivity contribution < 1.29 is 0 Å². The van der Waals surface area contributed by atoms with Gasteiger partial charge in [-0.3, -0.25) is 0 Å². The molecule has 20 heavy (non-hydrogen) atoms. The fourth-order valence-corrected chi connectivity index (χ4v) is 2.24. The Bertz CT molecular complexity index is 616. The van der Waals surface area contributed by atoms with Crippen molar-refractivity contribution in [3.63, 3.8) is 0 Å². The van der Waals surface area contributed by atoms with Gasteiger partial charge in [0, 0.05) is 6.54 Å². The van der Waals surface area contributed by atoms with Crippen molar-refractivity contribution in [2.24, 2.45) is 5.73 Å². The lowest BCUT2D eigenvalue weighted by atomic mass is 10.0. The van der Waals surface area contributed by atoms with E-state index >= 15 is 0 Å². The van der Waals surface area contributed by atoms with E-state index in [2.05, 4.69) is 74.5 Å². The number of aryl methyl sites for hydroxylation is 2. The summed E-state index contributed by atoms with van der Waals surface area (Å²) in [5, 5.41) is 0. The van der Waals surface area contributed by atoms with E-state index in [1.807, 2.05) is 6.08 Å². The smallest absolute Gasteiger partial charge is 0.0110 e. The number of hydrogen-bond donors (Lipinski definition) is 1. The summed E-state index contributed by atoms with van der Waals surface area (Å²) in [6.07, 6.45) is 8.37. The quantitative estimate of drug-likeness (QED) is 0.810. The van der Waals surface area contributed by atoms with E-state index in [4.69, 9.17) is 5.73 Å². The highest BCUT2D eigenvalue weighted by Gasteiger charge is 1.97. The summed E-state index contributed by atoms with van der Waals surface area (Å²) in [7, 11) is 0. The predicted octanol–water partition coefficient (Wildman–Crippen LogP) is 4.45. The maximum atomic E-state index is 5.48. The zero-order valence-corrected chi connectivity index (χ0v) is 12.1. The third-order valence-corrected chi connectivity index (χ3v) is 3.34. The second-order valence-electron chi connectivity index (χ2n) is 4.95. The van der Waals surface area contributed by atoms with Gasteiger partial charge in [-0.25, -0.2) is 0 Å². The first-order chi connectivity index (χ1) is 9.70. The van der Waals surface area contributed by atoms with Gasteiger partial charge in [0.2, 0.25) is 0 Å². The summed E-state index contributed by atoms with van der Waals surface area (Å²) < 4.78 is 0. The standard InChI is InChI=1S/C19H21N/c1-15-6-3-7-16(2)19(15)12-11-18-9-4-8-17(14-18)10-5-13-20/h3-12,14H,13,20H2,1-2H3/b10-5+,12-11-. The first-order valence-corrected chi connectivity index (χ1v) is 6.91. The van der Waals surface area contributed by atoms with Gasteiger partial charge in [0.15, 0.2) is 0 Å². The Morgan fingerprint density at radius 1 is 0.850 bits per heavy atom. The molecule has 0 bridgehead atoms. The van der Waals surface area contributed by atoms with Crippen molar-refractivity contribution in [2.45, 2.75) is 13.8 Å². The molecule has 0 heterocycles. The lowest BCUT2D eigenvalue weighted by molar-refractivity contribution is 1.26. The Balaban J connectivity index is 2.25. The zero-order valence-electron chi connectivity index (χ0n) is 12.1. The molecule has 0 unspecified atom stereocenters. The molecule has 0 aromatic heterocycles. The predicted molar refractivity (Wildman–Crippen MR) is 89.4 cm³/mol. The van der Waals surface area contributed by atoms with Gasteiger partial charge in [-0.15, -0.1) is 0 Å². The summed E-state index contributed by atoms with van der Waals surface area (Å²) in [6, 6.07) is 14.8. The average Bonchev–Trinajstić information content (AvgIpc) is 2.45. The lowest BCUT2D eigenvalue weighted by Gasteiger charge is -2.04. The van der Waals surface area contributed by atoms with Crippen LogP contribution < -0.4 is 5.73 Å².